The fourth-order valence-electron chi connectivity index (χ4n) is 1.83. The van der Waals surface area contributed by atoms with Crippen molar-refractivity contribution in [2.24, 2.45) is 0 Å². The molecule has 5 atom stereocenters. The third-order valence-corrected chi connectivity index (χ3v) is 2.85. The maximum atomic E-state index is 9.63. The first-order valence-electron chi connectivity index (χ1n) is 5.38. The third kappa shape index (κ3) is 3.12. The molecule has 0 aromatic carbocycles. The van der Waals surface area contributed by atoms with E-state index >= 15 is 0 Å². The van der Waals surface area contributed by atoms with Gasteiger partial charge in [0.25, 0.3) is 0 Å². The van der Waals surface area contributed by atoms with E-state index in [1.165, 1.54) is 0 Å². The van der Waals surface area contributed by atoms with E-state index in [-0.39, 0.29) is 6.61 Å². The number of hydrogen-bond donors (Lipinski definition) is 4. The zero-order chi connectivity index (χ0) is 11.4. The Morgan fingerprint density at radius 1 is 1.00 bits per heavy atom. The lowest BCUT2D eigenvalue weighted by atomic mass is 9.93. The predicted octanol–water partition coefficient (Wildman–Crippen LogP) is -0.981. The Labute approximate surface area is 89.3 Å². The van der Waals surface area contributed by atoms with Crippen LogP contribution in [0.2, 0.25) is 0 Å². The SMILES string of the molecule is C[C@@H]1OC(CCCCO)[C@@H](O)[C@H](O)[C@@H]1O. The molecule has 90 valence electrons. The standard InChI is InChI=1S/C10H20O5/c1-6-8(12)10(14)9(13)7(15-6)4-2-3-5-11/h6-14H,2-5H2,1H3/t6-,7?,8+,9+,10+/m0/s1. The van der Waals surface area contributed by atoms with Crippen molar-refractivity contribution in [3.8, 4) is 0 Å². The first kappa shape index (κ1) is 12.9. The Hall–Kier alpha value is -0.200. The minimum atomic E-state index is -1.15. The topological polar surface area (TPSA) is 90.2 Å². The van der Waals surface area contributed by atoms with Gasteiger partial charge in [0.1, 0.15) is 18.3 Å². The summed E-state index contributed by atoms with van der Waals surface area (Å²) in [6.45, 7) is 1.78. The summed E-state index contributed by atoms with van der Waals surface area (Å²) in [5, 5.41) is 37.2. The minimum absolute atomic E-state index is 0.115. The van der Waals surface area contributed by atoms with Crippen molar-refractivity contribution in [1.82, 2.24) is 0 Å². The van der Waals surface area contributed by atoms with Gasteiger partial charge in [-0.2, -0.15) is 0 Å². The monoisotopic (exact) mass is 220 g/mol. The lowest BCUT2D eigenvalue weighted by Gasteiger charge is -2.39. The van der Waals surface area contributed by atoms with Crippen molar-refractivity contribution in [2.75, 3.05) is 6.61 Å². The van der Waals surface area contributed by atoms with Crippen LogP contribution in [0.5, 0.6) is 0 Å². The van der Waals surface area contributed by atoms with E-state index in [9.17, 15) is 15.3 Å². The largest absolute Gasteiger partial charge is 0.396 e. The number of rotatable bonds is 4. The Morgan fingerprint density at radius 3 is 2.27 bits per heavy atom. The zero-order valence-electron chi connectivity index (χ0n) is 8.91. The van der Waals surface area contributed by atoms with Crippen LogP contribution < -0.4 is 0 Å². The van der Waals surface area contributed by atoms with Crippen LogP contribution in [-0.2, 0) is 4.74 Å². The van der Waals surface area contributed by atoms with Gasteiger partial charge < -0.3 is 25.2 Å². The highest BCUT2D eigenvalue weighted by Gasteiger charge is 2.41. The normalized spacial score (nSPS) is 41.8. The highest BCUT2D eigenvalue weighted by Crippen LogP contribution is 2.24. The third-order valence-electron chi connectivity index (χ3n) is 2.85. The Morgan fingerprint density at radius 2 is 1.67 bits per heavy atom. The average molecular weight is 220 g/mol. The van der Waals surface area contributed by atoms with E-state index in [0.717, 1.165) is 6.42 Å². The molecule has 0 bridgehead atoms. The van der Waals surface area contributed by atoms with Crippen LogP contribution in [0.1, 0.15) is 26.2 Å². The van der Waals surface area contributed by atoms with Crippen LogP contribution in [0.3, 0.4) is 0 Å². The number of hydrogen-bond acceptors (Lipinski definition) is 5. The molecule has 1 saturated heterocycles. The molecule has 4 N–H and O–H groups in total. The fourth-order valence-corrected chi connectivity index (χ4v) is 1.83. The summed E-state index contributed by atoms with van der Waals surface area (Å²) in [5.41, 5.74) is 0. The molecule has 0 radical (unpaired) electrons. The quantitative estimate of drug-likeness (QED) is 0.457. The Bertz CT molecular complexity index is 187. The molecule has 0 aromatic heterocycles. The molecule has 0 saturated carbocycles. The molecule has 1 unspecified atom stereocenters. The van der Waals surface area contributed by atoms with Gasteiger partial charge in [0.05, 0.1) is 12.2 Å². The Kier molecular flexibility index (Phi) is 4.95. The summed E-state index contributed by atoms with van der Waals surface area (Å²) in [4.78, 5) is 0. The van der Waals surface area contributed by atoms with Crippen molar-refractivity contribution in [3.63, 3.8) is 0 Å². The van der Waals surface area contributed by atoms with Gasteiger partial charge in [-0.15, -0.1) is 0 Å². The van der Waals surface area contributed by atoms with Crippen molar-refractivity contribution in [1.29, 1.82) is 0 Å². The summed E-state index contributed by atoms with van der Waals surface area (Å²) in [7, 11) is 0. The molecule has 1 aliphatic heterocycles. The highest BCUT2D eigenvalue weighted by atomic mass is 16.5. The van der Waals surface area contributed by atoms with Gasteiger partial charge in [0, 0.05) is 6.61 Å². The lowest BCUT2D eigenvalue weighted by Crippen LogP contribution is -2.56. The molecule has 5 nitrogen and oxygen atoms in total. The molecule has 5 heteroatoms. The van der Waals surface area contributed by atoms with Gasteiger partial charge in [-0.05, 0) is 26.2 Å². The van der Waals surface area contributed by atoms with Crippen molar-refractivity contribution in [2.45, 2.75) is 56.7 Å². The van der Waals surface area contributed by atoms with Gasteiger partial charge >= 0.3 is 0 Å². The highest BCUT2D eigenvalue weighted by molar-refractivity contribution is 4.90. The van der Waals surface area contributed by atoms with Crippen molar-refractivity contribution >= 4 is 0 Å². The van der Waals surface area contributed by atoms with Crippen LogP contribution in [0.4, 0.5) is 0 Å². The van der Waals surface area contributed by atoms with Gasteiger partial charge in [-0.25, -0.2) is 0 Å². The van der Waals surface area contributed by atoms with E-state index in [0.29, 0.717) is 12.8 Å². The van der Waals surface area contributed by atoms with Crippen molar-refractivity contribution in [3.05, 3.63) is 0 Å². The molecule has 1 fully saturated rings. The van der Waals surface area contributed by atoms with E-state index in [4.69, 9.17) is 9.84 Å². The number of aliphatic hydroxyl groups excluding tert-OH is 4. The maximum absolute atomic E-state index is 9.63. The zero-order valence-corrected chi connectivity index (χ0v) is 8.91. The molecule has 15 heavy (non-hydrogen) atoms. The maximum Gasteiger partial charge on any atom is 0.111 e. The van der Waals surface area contributed by atoms with Gasteiger partial charge in [-0.3, -0.25) is 0 Å². The second-order valence-electron chi connectivity index (χ2n) is 4.07. The molecule has 1 aliphatic rings. The molecule has 1 heterocycles. The predicted molar refractivity (Wildman–Crippen MR) is 53.3 cm³/mol. The number of aliphatic hydroxyl groups is 4. The fraction of sp³-hybridized carbons (Fsp3) is 1.00. The second kappa shape index (κ2) is 5.77. The average Bonchev–Trinajstić information content (AvgIpc) is 2.23. The van der Waals surface area contributed by atoms with E-state index < -0.39 is 30.5 Å². The first-order chi connectivity index (χ1) is 7.07. The van der Waals surface area contributed by atoms with Crippen LogP contribution in [0, 0.1) is 0 Å². The molecule has 0 aliphatic carbocycles. The lowest BCUT2D eigenvalue weighted by molar-refractivity contribution is -0.218. The van der Waals surface area contributed by atoms with Crippen LogP contribution in [-0.4, -0.2) is 57.6 Å². The molecule has 0 aromatic rings. The van der Waals surface area contributed by atoms with E-state index in [2.05, 4.69) is 0 Å². The van der Waals surface area contributed by atoms with E-state index in [1.807, 2.05) is 0 Å². The Balaban J connectivity index is 2.43. The summed E-state index contributed by atoms with van der Waals surface area (Å²) >= 11 is 0. The molecule has 0 amide bonds. The minimum Gasteiger partial charge on any atom is -0.396 e. The number of ether oxygens (including phenoxy) is 1. The molecule has 0 spiro atoms. The van der Waals surface area contributed by atoms with Gasteiger partial charge in [0.2, 0.25) is 0 Å². The van der Waals surface area contributed by atoms with Crippen molar-refractivity contribution < 1.29 is 25.2 Å². The van der Waals surface area contributed by atoms with Crippen LogP contribution in [0.25, 0.3) is 0 Å². The smallest absolute Gasteiger partial charge is 0.111 e. The van der Waals surface area contributed by atoms with E-state index in [1.54, 1.807) is 6.92 Å². The molecular weight excluding hydrogens is 200 g/mol. The molecule has 1 rings (SSSR count). The van der Waals surface area contributed by atoms with Crippen LogP contribution >= 0.6 is 0 Å². The summed E-state index contributed by atoms with van der Waals surface area (Å²) < 4.78 is 5.39. The van der Waals surface area contributed by atoms with Crippen LogP contribution in [0.15, 0.2) is 0 Å². The summed E-state index contributed by atoms with van der Waals surface area (Å²) in [5.74, 6) is 0. The second-order valence-corrected chi connectivity index (χ2v) is 4.07. The summed E-state index contributed by atoms with van der Waals surface area (Å²) in [6, 6.07) is 0. The molecular formula is C10H20O5. The van der Waals surface area contributed by atoms with Gasteiger partial charge in [0.15, 0.2) is 0 Å². The first-order valence-corrected chi connectivity index (χ1v) is 5.38. The number of unbranched alkanes of at least 4 members (excludes halogenated alkanes) is 1. The van der Waals surface area contributed by atoms with Gasteiger partial charge in [-0.1, -0.05) is 0 Å². The summed E-state index contributed by atoms with van der Waals surface area (Å²) in [6.07, 6.45) is -2.19.